The predicted octanol–water partition coefficient (Wildman–Crippen LogP) is 1.29. The molecule has 24 heavy (non-hydrogen) atoms. The van der Waals surface area contributed by atoms with E-state index >= 15 is 0 Å². The predicted molar refractivity (Wildman–Crippen MR) is 92.1 cm³/mol. The maximum Gasteiger partial charge on any atom is 0.241 e. The molecule has 7 heteroatoms. The van der Waals surface area contributed by atoms with Crippen LogP contribution in [0.1, 0.15) is 24.2 Å². The second kappa shape index (κ2) is 7.76. The fourth-order valence-corrected chi connectivity index (χ4v) is 3.10. The zero-order chi connectivity index (χ0) is 17.7. The van der Waals surface area contributed by atoms with Crippen LogP contribution in [-0.4, -0.2) is 31.2 Å². The quantitative estimate of drug-likeness (QED) is 0.601. The summed E-state index contributed by atoms with van der Waals surface area (Å²) < 4.78 is 22.8. The Hall–Kier alpha value is -1.93. The SMILES string of the molecule is CC(Cc1ccccc1)NCC(O)c1ccc(O)c(S(N)(=O)=O)c1. The van der Waals surface area contributed by atoms with Crippen LogP contribution >= 0.6 is 0 Å². The van der Waals surface area contributed by atoms with Gasteiger partial charge in [-0.1, -0.05) is 36.4 Å². The molecule has 130 valence electrons. The van der Waals surface area contributed by atoms with E-state index in [0.29, 0.717) is 5.56 Å². The molecular formula is C17H22N2O4S. The molecule has 0 aliphatic heterocycles. The van der Waals surface area contributed by atoms with E-state index in [-0.39, 0.29) is 12.6 Å². The highest BCUT2D eigenvalue weighted by atomic mass is 32.2. The Morgan fingerprint density at radius 1 is 1.17 bits per heavy atom. The summed E-state index contributed by atoms with van der Waals surface area (Å²) in [5, 5.41) is 28.1. The largest absolute Gasteiger partial charge is 0.507 e. The molecule has 2 aromatic rings. The minimum absolute atomic E-state index is 0.136. The fourth-order valence-electron chi connectivity index (χ4n) is 2.44. The number of hydrogen-bond donors (Lipinski definition) is 4. The molecule has 0 fully saturated rings. The van der Waals surface area contributed by atoms with Crippen molar-refractivity contribution in [2.45, 2.75) is 30.4 Å². The van der Waals surface area contributed by atoms with Gasteiger partial charge in [0.1, 0.15) is 10.6 Å². The van der Waals surface area contributed by atoms with Crippen LogP contribution in [0.4, 0.5) is 0 Å². The molecule has 0 heterocycles. The Morgan fingerprint density at radius 3 is 2.46 bits per heavy atom. The number of benzene rings is 2. The van der Waals surface area contributed by atoms with Crippen LogP contribution in [0.2, 0.25) is 0 Å². The van der Waals surface area contributed by atoms with Crippen LogP contribution in [0.15, 0.2) is 53.4 Å². The Balaban J connectivity index is 1.98. The minimum atomic E-state index is -4.04. The molecule has 2 rings (SSSR count). The van der Waals surface area contributed by atoms with Gasteiger partial charge in [0.25, 0.3) is 0 Å². The summed E-state index contributed by atoms with van der Waals surface area (Å²) in [5.74, 6) is -0.432. The van der Waals surface area contributed by atoms with Gasteiger partial charge >= 0.3 is 0 Å². The molecule has 0 saturated carbocycles. The fraction of sp³-hybridized carbons (Fsp3) is 0.294. The number of aromatic hydroxyl groups is 1. The number of hydrogen-bond acceptors (Lipinski definition) is 5. The topological polar surface area (TPSA) is 113 Å². The molecule has 0 aliphatic rings. The molecule has 0 amide bonds. The number of sulfonamides is 1. The van der Waals surface area contributed by atoms with Crippen LogP contribution in [-0.2, 0) is 16.4 Å². The van der Waals surface area contributed by atoms with Gasteiger partial charge in [0.15, 0.2) is 0 Å². The molecule has 6 nitrogen and oxygen atoms in total. The summed E-state index contributed by atoms with van der Waals surface area (Å²) in [5.41, 5.74) is 1.56. The van der Waals surface area contributed by atoms with Crippen molar-refractivity contribution in [3.8, 4) is 5.75 Å². The maximum absolute atomic E-state index is 11.4. The summed E-state index contributed by atoms with van der Waals surface area (Å²) in [7, 11) is -4.04. The van der Waals surface area contributed by atoms with E-state index in [1.807, 2.05) is 37.3 Å². The third-order valence-corrected chi connectivity index (χ3v) is 4.66. The highest BCUT2D eigenvalue weighted by molar-refractivity contribution is 7.89. The van der Waals surface area contributed by atoms with Gasteiger partial charge in [-0.25, -0.2) is 13.6 Å². The van der Waals surface area contributed by atoms with E-state index in [1.54, 1.807) is 0 Å². The average molecular weight is 350 g/mol. The van der Waals surface area contributed by atoms with Crippen molar-refractivity contribution in [3.05, 3.63) is 59.7 Å². The van der Waals surface area contributed by atoms with E-state index in [4.69, 9.17) is 5.14 Å². The zero-order valence-corrected chi connectivity index (χ0v) is 14.2. The lowest BCUT2D eigenvalue weighted by Gasteiger charge is -2.18. The normalized spacial score (nSPS) is 14.3. The summed E-state index contributed by atoms with van der Waals surface area (Å²) in [6.07, 6.45) is -0.102. The van der Waals surface area contributed by atoms with E-state index in [1.165, 1.54) is 23.8 Å². The van der Waals surface area contributed by atoms with Gasteiger partial charge in [-0.15, -0.1) is 0 Å². The first-order valence-electron chi connectivity index (χ1n) is 7.58. The highest BCUT2D eigenvalue weighted by Gasteiger charge is 2.17. The Kier molecular flexibility index (Phi) is 5.95. The van der Waals surface area contributed by atoms with Crippen molar-refractivity contribution < 1.29 is 18.6 Å². The molecule has 2 aromatic carbocycles. The molecule has 2 unspecified atom stereocenters. The van der Waals surface area contributed by atoms with Gasteiger partial charge in [-0.3, -0.25) is 0 Å². The number of aliphatic hydroxyl groups is 1. The van der Waals surface area contributed by atoms with E-state index < -0.39 is 26.8 Å². The Labute approximate surface area is 142 Å². The zero-order valence-electron chi connectivity index (χ0n) is 13.4. The number of phenolic OH excluding ortho intramolecular Hbond substituents is 1. The first-order valence-corrected chi connectivity index (χ1v) is 9.13. The first-order chi connectivity index (χ1) is 11.3. The Bertz CT molecular complexity index is 778. The van der Waals surface area contributed by atoms with Crippen LogP contribution in [0.25, 0.3) is 0 Å². The molecule has 2 atom stereocenters. The second-order valence-electron chi connectivity index (χ2n) is 5.79. The van der Waals surface area contributed by atoms with Crippen molar-refractivity contribution in [2.75, 3.05) is 6.54 Å². The van der Waals surface area contributed by atoms with E-state index in [2.05, 4.69) is 5.32 Å². The lowest BCUT2D eigenvalue weighted by atomic mass is 10.1. The average Bonchev–Trinajstić information content (AvgIpc) is 2.53. The minimum Gasteiger partial charge on any atom is -0.507 e. The van der Waals surface area contributed by atoms with Gasteiger partial charge in [0, 0.05) is 12.6 Å². The van der Waals surface area contributed by atoms with Crippen LogP contribution in [0, 0.1) is 0 Å². The second-order valence-corrected chi connectivity index (χ2v) is 7.32. The molecule has 0 bridgehead atoms. The van der Waals surface area contributed by atoms with Gasteiger partial charge in [0.2, 0.25) is 10.0 Å². The third-order valence-electron chi connectivity index (χ3n) is 3.72. The standard InChI is InChI=1S/C17H22N2O4S/c1-12(9-13-5-3-2-4-6-13)19-11-16(21)14-7-8-15(20)17(10-14)24(18,22)23/h2-8,10,12,16,19-21H,9,11H2,1H3,(H2,18,22,23). The molecule has 0 aliphatic carbocycles. The molecule has 0 radical (unpaired) electrons. The monoisotopic (exact) mass is 350 g/mol. The van der Waals surface area contributed by atoms with Crippen molar-refractivity contribution in [2.24, 2.45) is 5.14 Å². The van der Waals surface area contributed by atoms with Crippen LogP contribution in [0.3, 0.4) is 0 Å². The van der Waals surface area contributed by atoms with E-state index in [0.717, 1.165) is 6.42 Å². The number of phenols is 1. The van der Waals surface area contributed by atoms with Gasteiger partial charge < -0.3 is 15.5 Å². The summed E-state index contributed by atoms with van der Waals surface area (Å²) >= 11 is 0. The number of aliphatic hydroxyl groups excluding tert-OH is 1. The maximum atomic E-state index is 11.4. The van der Waals surface area contributed by atoms with Crippen LogP contribution < -0.4 is 10.5 Å². The summed E-state index contributed by atoms with van der Waals surface area (Å²) in [6, 6.07) is 14.0. The molecule has 0 aromatic heterocycles. The van der Waals surface area contributed by atoms with E-state index in [9.17, 15) is 18.6 Å². The van der Waals surface area contributed by atoms with Crippen molar-refractivity contribution in [1.82, 2.24) is 5.32 Å². The number of primary sulfonamides is 1. The number of nitrogens with one attached hydrogen (secondary N) is 1. The molecule has 5 N–H and O–H groups in total. The number of rotatable bonds is 7. The van der Waals surface area contributed by atoms with Crippen molar-refractivity contribution >= 4 is 10.0 Å². The van der Waals surface area contributed by atoms with Crippen molar-refractivity contribution in [3.63, 3.8) is 0 Å². The molecule has 0 saturated heterocycles. The number of nitrogens with two attached hydrogens (primary N) is 1. The third kappa shape index (κ3) is 5.04. The highest BCUT2D eigenvalue weighted by Crippen LogP contribution is 2.25. The van der Waals surface area contributed by atoms with Gasteiger partial charge in [0.05, 0.1) is 6.10 Å². The Morgan fingerprint density at radius 2 is 1.83 bits per heavy atom. The van der Waals surface area contributed by atoms with Gasteiger partial charge in [-0.05, 0) is 36.6 Å². The van der Waals surface area contributed by atoms with Crippen LogP contribution in [0.5, 0.6) is 5.75 Å². The first kappa shape index (κ1) is 18.4. The smallest absolute Gasteiger partial charge is 0.241 e. The summed E-state index contributed by atoms with van der Waals surface area (Å²) in [4.78, 5) is -0.392. The van der Waals surface area contributed by atoms with Gasteiger partial charge in [-0.2, -0.15) is 0 Å². The summed E-state index contributed by atoms with van der Waals surface area (Å²) in [6.45, 7) is 2.26. The molecular weight excluding hydrogens is 328 g/mol. The van der Waals surface area contributed by atoms with Crippen molar-refractivity contribution in [1.29, 1.82) is 0 Å². The lowest BCUT2D eigenvalue weighted by Crippen LogP contribution is -2.32. The lowest BCUT2D eigenvalue weighted by molar-refractivity contribution is 0.170. The molecule has 0 spiro atoms.